The fourth-order valence-electron chi connectivity index (χ4n) is 1.66. The monoisotopic (exact) mass is 279 g/mol. The van der Waals surface area contributed by atoms with Crippen LogP contribution in [-0.4, -0.2) is 22.0 Å². The lowest BCUT2D eigenvalue weighted by Crippen LogP contribution is -1.97. The van der Waals surface area contributed by atoms with Crippen molar-refractivity contribution in [2.24, 2.45) is 0 Å². The smallest absolute Gasteiger partial charge is 0.311 e. The third-order valence-corrected chi connectivity index (χ3v) is 2.72. The van der Waals surface area contributed by atoms with E-state index in [4.69, 9.17) is 16.3 Å². The molecule has 0 N–H and O–H groups in total. The number of nitro groups is 1. The van der Waals surface area contributed by atoms with Crippen LogP contribution in [0.5, 0.6) is 5.75 Å². The Labute approximate surface area is 114 Å². The lowest BCUT2D eigenvalue weighted by molar-refractivity contribution is -0.385. The van der Waals surface area contributed by atoms with Crippen LogP contribution in [0.4, 0.5) is 5.69 Å². The molecule has 98 valence electrons. The molecular weight excluding hydrogens is 270 g/mol. The molecule has 6 nitrogen and oxygen atoms in total. The zero-order valence-electron chi connectivity index (χ0n) is 10.0. The number of rotatable bonds is 4. The number of halogens is 1. The van der Waals surface area contributed by atoms with Gasteiger partial charge in [-0.1, -0.05) is 17.7 Å². The van der Waals surface area contributed by atoms with E-state index < -0.39 is 4.92 Å². The molecule has 0 aliphatic heterocycles. The van der Waals surface area contributed by atoms with Crippen LogP contribution in [0.25, 0.3) is 0 Å². The molecule has 0 aliphatic carbocycles. The summed E-state index contributed by atoms with van der Waals surface area (Å²) >= 11 is 5.76. The Morgan fingerprint density at radius 1 is 1.37 bits per heavy atom. The summed E-state index contributed by atoms with van der Waals surface area (Å²) in [6, 6.07) is 6.41. The molecule has 0 saturated carbocycles. The zero-order chi connectivity index (χ0) is 13.8. The quantitative estimate of drug-likeness (QED) is 0.488. The van der Waals surface area contributed by atoms with Crippen LogP contribution in [0, 0.1) is 10.1 Å². The van der Waals surface area contributed by atoms with Gasteiger partial charge in [-0.25, -0.2) is 9.97 Å². The Balaban J connectivity index is 2.31. The standard InChI is InChI=1S/C12H10ClN3O3/c1-19-11-3-2-8(5-10(11)16(17)18)4-9-6-12(13)15-7-14-9/h2-3,5-7H,4H2,1H3. The molecule has 0 spiro atoms. The average Bonchev–Trinajstić information content (AvgIpc) is 2.38. The number of ether oxygens (including phenoxy) is 1. The van der Waals surface area contributed by atoms with Gasteiger partial charge in [0.25, 0.3) is 0 Å². The van der Waals surface area contributed by atoms with E-state index in [9.17, 15) is 10.1 Å². The van der Waals surface area contributed by atoms with Gasteiger partial charge in [-0.15, -0.1) is 0 Å². The van der Waals surface area contributed by atoms with Gasteiger partial charge in [-0.3, -0.25) is 10.1 Å². The summed E-state index contributed by atoms with van der Waals surface area (Å²) in [4.78, 5) is 18.3. The molecule has 1 aromatic heterocycles. The molecule has 0 saturated heterocycles. The first kappa shape index (κ1) is 13.2. The molecule has 2 aromatic rings. The Morgan fingerprint density at radius 3 is 2.79 bits per heavy atom. The average molecular weight is 280 g/mol. The van der Waals surface area contributed by atoms with Crippen LogP contribution in [0.1, 0.15) is 11.3 Å². The Bertz CT molecular complexity index is 619. The first-order chi connectivity index (χ1) is 9.10. The van der Waals surface area contributed by atoms with Gasteiger partial charge in [0.15, 0.2) is 5.75 Å². The molecule has 2 rings (SSSR count). The predicted molar refractivity (Wildman–Crippen MR) is 69.5 cm³/mol. The molecule has 7 heteroatoms. The van der Waals surface area contributed by atoms with Crippen molar-refractivity contribution in [2.45, 2.75) is 6.42 Å². The minimum Gasteiger partial charge on any atom is -0.490 e. The van der Waals surface area contributed by atoms with Crippen molar-refractivity contribution < 1.29 is 9.66 Å². The first-order valence-corrected chi connectivity index (χ1v) is 5.75. The molecular formula is C12H10ClN3O3. The molecule has 0 atom stereocenters. The fourth-order valence-corrected chi connectivity index (χ4v) is 1.83. The van der Waals surface area contributed by atoms with E-state index in [-0.39, 0.29) is 11.4 Å². The van der Waals surface area contributed by atoms with Crippen molar-refractivity contribution in [3.63, 3.8) is 0 Å². The van der Waals surface area contributed by atoms with Crippen molar-refractivity contribution >= 4 is 17.3 Å². The van der Waals surface area contributed by atoms with Crippen molar-refractivity contribution in [1.29, 1.82) is 0 Å². The third-order valence-electron chi connectivity index (χ3n) is 2.52. The minimum absolute atomic E-state index is 0.0693. The van der Waals surface area contributed by atoms with E-state index in [2.05, 4.69) is 9.97 Å². The van der Waals surface area contributed by atoms with Crippen LogP contribution in [0.2, 0.25) is 5.15 Å². The van der Waals surface area contributed by atoms with Crippen LogP contribution < -0.4 is 4.74 Å². The van der Waals surface area contributed by atoms with Gasteiger partial charge in [-0.05, 0) is 17.7 Å². The van der Waals surface area contributed by atoms with Crippen LogP contribution in [0.3, 0.4) is 0 Å². The summed E-state index contributed by atoms with van der Waals surface area (Å²) in [7, 11) is 1.40. The van der Waals surface area contributed by atoms with Crippen molar-refractivity contribution in [1.82, 2.24) is 9.97 Å². The number of hydrogen-bond acceptors (Lipinski definition) is 5. The van der Waals surface area contributed by atoms with Gasteiger partial charge >= 0.3 is 5.69 Å². The normalized spacial score (nSPS) is 10.2. The van der Waals surface area contributed by atoms with Crippen molar-refractivity contribution in [3.8, 4) is 5.75 Å². The highest BCUT2D eigenvalue weighted by atomic mass is 35.5. The SMILES string of the molecule is COc1ccc(Cc2cc(Cl)ncn2)cc1[N+](=O)[O-]. The maximum atomic E-state index is 10.9. The Hall–Kier alpha value is -2.21. The second-order valence-electron chi connectivity index (χ2n) is 3.77. The molecule has 0 bridgehead atoms. The number of nitro benzene ring substituents is 1. The molecule has 0 aliphatic rings. The molecule has 0 radical (unpaired) electrons. The maximum Gasteiger partial charge on any atom is 0.311 e. The highest BCUT2D eigenvalue weighted by molar-refractivity contribution is 6.29. The first-order valence-electron chi connectivity index (χ1n) is 5.38. The molecule has 19 heavy (non-hydrogen) atoms. The largest absolute Gasteiger partial charge is 0.490 e. The second kappa shape index (κ2) is 5.62. The van der Waals surface area contributed by atoms with E-state index in [1.165, 1.54) is 19.5 Å². The van der Waals surface area contributed by atoms with E-state index in [0.29, 0.717) is 17.3 Å². The van der Waals surface area contributed by atoms with Gasteiger partial charge in [0.1, 0.15) is 11.5 Å². The van der Waals surface area contributed by atoms with E-state index >= 15 is 0 Å². The summed E-state index contributed by atoms with van der Waals surface area (Å²) in [5, 5.41) is 11.3. The molecule has 0 unspecified atom stereocenters. The van der Waals surface area contributed by atoms with Gasteiger partial charge in [-0.2, -0.15) is 0 Å². The lowest BCUT2D eigenvalue weighted by atomic mass is 10.1. The van der Waals surface area contributed by atoms with Gasteiger partial charge in [0, 0.05) is 18.2 Å². The van der Waals surface area contributed by atoms with E-state index in [1.54, 1.807) is 18.2 Å². The highest BCUT2D eigenvalue weighted by Gasteiger charge is 2.15. The fraction of sp³-hybridized carbons (Fsp3) is 0.167. The lowest BCUT2D eigenvalue weighted by Gasteiger charge is -2.05. The van der Waals surface area contributed by atoms with Crippen LogP contribution >= 0.6 is 11.6 Å². The molecule has 1 heterocycles. The van der Waals surface area contributed by atoms with Crippen molar-refractivity contribution in [3.05, 3.63) is 57.1 Å². The van der Waals surface area contributed by atoms with E-state index in [0.717, 1.165) is 5.56 Å². The predicted octanol–water partition coefficient (Wildman–Crippen LogP) is 2.64. The number of aromatic nitrogens is 2. The highest BCUT2D eigenvalue weighted by Crippen LogP contribution is 2.28. The Morgan fingerprint density at radius 2 is 2.16 bits per heavy atom. The van der Waals surface area contributed by atoms with Crippen molar-refractivity contribution in [2.75, 3.05) is 7.11 Å². The maximum absolute atomic E-state index is 10.9. The number of benzene rings is 1. The molecule has 0 amide bonds. The summed E-state index contributed by atoms with van der Waals surface area (Å²) in [5.74, 6) is 0.231. The number of nitrogens with zero attached hydrogens (tertiary/aromatic N) is 3. The zero-order valence-corrected chi connectivity index (χ0v) is 10.8. The van der Waals surface area contributed by atoms with Crippen LogP contribution in [0.15, 0.2) is 30.6 Å². The summed E-state index contributed by atoms with van der Waals surface area (Å²) in [5.41, 5.74) is 1.38. The third kappa shape index (κ3) is 3.17. The topological polar surface area (TPSA) is 78.2 Å². The molecule has 1 aromatic carbocycles. The minimum atomic E-state index is -0.477. The molecule has 0 fully saturated rings. The Kier molecular flexibility index (Phi) is 3.91. The second-order valence-corrected chi connectivity index (χ2v) is 4.16. The van der Waals surface area contributed by atoms with Crippen LogP contribution in [-0.2, 0) is 6.42 Å². The van der Waals surface area contributed by atoms with Gasteiger partial charge in [0.2, 0.25) is 0 Å². The van der Waals surface area contributed by atoms with E-state index in [1.807, 2.05) is 0 Å². The summed E-state index contributed by atoms with van der Waals surface area (Å²) in [6.45, 7) is 0. The van der Waals surface area contributed by atoms with Gasteiger partial charge < -0.3 is 4.74 Å². The van der Waals surface area contributed by atoms with Gasteiger partial charge in [0.05, 0.1) is 12.0 Å². The number of methoxy groups -OCH3 is 1. The summed E-state index contributed by atoms with van der Waals surface area (Å²) in [6.07, 6.45) is 1.79. The number of hydrogen-bond donors (Lipinski definition) is 0. The summed E-state index contributed by atoms with van der Waals surface area (Å²) < 4.78 is 4.94.